The van der Waals surface area contributed by atoms with Gasteiger partial charge in [-0.05, 0) is 96.9 Å². The van der Waals surface area contributed by atoms with Crippen molar-refractivity contribution in [1.29, 1.82) is 0 Å². The molecule has 5 heteroatoms. The highest BCUT2D eigenvalue weighted by atomic mass is 16.5. The summed E-state index contributed by atoms with van der Waals surface area (Å²) in [4.78, 5) is 4.56. The summed E-state index contributed by atoms with van der Waals surface area (Å²) in [5.74, 6) is 0.338. The van der Waals surface area contributed by atoms with Crippen molar-refractivity contribution in [2.24, 2.45) is 0 Å². The van der Waals surface area contributed by atoms with Crippen molar-refractivity contribution in [2.75, 3.05) is 0 Å². The van der Waals surface area contributed by atoms with Crippen LogP contribution >= 0.6 is 0 Å². The summed E-state index contributed by atoms with van der Waals surface area (Å²) in [6.45, 7) is 10.2. The third-order valence-electron chi connectivity index (χ3n) is 5.69. The predicted molar refractivity (Wildman–Crippen MR) is 129 cm³/mol. The fourth-order valence-corrected chi connectivity index (χ4v) is 4.11. The second kappa shape index (κ2) is 10.6. The van der Waals surface area contributed by atoms with Gasteiger partial charge >= 0.3 is 7.12 Å². The molecular weight excluding hydrogens is 385 g/mol. The normalized spacial score (nSPS) is 16.9. The Morgan fingerprint density at radius 1 is 1.26 bits per heavy atom. The molecule has 1 atom stereocenters. The molecular formula is C26H32BNO3. The summed E-state index contributed by atoms with van der Waals surface area (Å²) in [6, 6.07) is 9.88. The smallest absolute Gasteiger partial charge is 0.458 e. The zero-order valence-electron chi connectivity index (χ0n) is 18.8. The summed E-state index contributed by atoms with van der Waals surface area (Å²) in [7, 11) is -0.771. The van der Waals surface area contributed by atoms with Crippen molar-refractivity contribution in [2.45, 2.75) is 58.9 Å². The Morgan fingerprint density at radius 2 is 2.00 bits per heavy atom. The average molecular weight is 417 g/mol. The molecule has 1 aromatic carbocycles. The van der Waals surface area contributed by atoms with E-state index in [0.29, 0.717) is 12.1 Å². The van der Waals surface area contributed by atoms with Gasteiger partial charge in [-0.2, -0.15) is 0 Å². The van der Waals surface area contributed by atoms with E-state index in [1.807, 2.05) is 44.2 Å². The highest BCUT2D eigenvalue weighted by molar-refractivity contribution is 6.43. The van der Waals surface area contributed by atoms with E-state index in [1.165, 1.54) is 0 Å². The second-order valence-corrected chi connectivity index (χ2v) is 8.25. The molecule has 1 unspecified atom stereocenters. The summed E-state index contributed by atoms with van der Waals surface area (Å²) in [5, 5.41) is 20.2. The first-order valence-corrected chi connectivity index (χ1v) is 11.0. The maximum atomic E-state index is 10.1. The number of nitrogens with zero attached hydrogens (tertiary/aromatic N) is 1. The molecule has 0 amide bonds. The number of hydrogen-bond acceptors (Lipinski definition) is 4. The Hall–Kier alpha value is -2.63. The molecule has 2 heterocycles. The number of pyridine rings is 1. The van der Waals surface area contributed by atoms with Crippen LogP contribution < -0.4 is 0 Å². The molecule has 0 radical (unpaired) electrons. The molecule has 2 aromatic rings. The summed E-state index contributed by atoms with van der Waals surface area (Å²) < 4.78 is 5.90. The van der Waals surface area contributed by atoms with Crippen LogP contribution in [0, 0.1) is 13.8 Å². The number of hydrogen-bond donors (Lipinski definition) is 2. The molecule has 0 bridgehead atoms. The molecule has 4 nitrogen and oxygen atoms in total. The second-order valence-electron chi connectivity index (χ2n) is 8.25. The first-order valence-electron chi connectivity index (χ1n) is 11.0. The molecule has 3 rings (SSSR count). The van der Waals surface area contributed by atoms with Gasteiger partial charge in [-0.1, -0.05) is 32.1 Å². The minimum atomic E-state index is -0.771. The van der Waals surface area contributed by atoms with Gasteiger partial charge in [0.05, 0.1) is 11.8 Å². The van der Waals surface area contributed by atoms with E-state index in [1.54, 1.807) is 6.20 Å². The Balaban J connectivity index is 1.88. The number of rotatable bonds is 8. The number of aromatic hydroxyl groups is 1. The Labute approximate surface area is 186 Å². The topological polar surface area (TPSA) is 62.6 Å². The molecule has 1 aliphatic heterocycles. The van der Waals surface area contributed by atoms with Gasteiger partial charge in [0.25, 0.3) is 0 Å². The lowest BCUT2D eigenvalue weighted by Crippen LogP contribution is -2.31. The van der Waals surface area contributed by atoms with Crippen LogP contribution in [-0.2, 0) is 4.65 Å². The fraction of sp³-hybridized carbons (Fsp3) is 0.346. The fourth-order valence-electron chi connectivity index (χ4n) is 4.11. The van der Waals surface area contributed by atoms with Gasteiger partial charge in [0.2, 0.25) is 0 Å². The minimum Gasteiger partial charge on any atom is -0.507 e. The number of aryl methyl sites for hydroxylation is 2. The molecule has 31 heavy (non-hydrogen) atoms. The molecule has 1 aliphatic rings. The Morgan fingerprint density at radius 3 is 2.65 bits per heavy atom. The van der Waals surface area contributed by atoms with Crippen LogP contribution in [0.3, 0.4) is 0 Å². The Bertz CT molecular complexity index is 958. The van der Waals surface area contributed by atoms with Gasteiger partial charge < -0.3 is 14.8 Å². The summed E-state index contributed by atoms with van der Waals surface area (Å²) in [5.41, 5.74) is 6.95. The summed E-state index contributed by atoms with van der Waals surface area (Å²) >= 11 is 0. The molecule has 0 saturated heterocycles. The van der Waals surface area contributed by atoms with Crippen molar-refractivity contribution in [3.05, 3.63) is 82.7 Å². The molecule has 2 N–H and O–H groups in total. The minimum absolute atomic E-state index is 0.182. The van der Waals surface area contributed by atoms with E-state index in [0.717, 1.165) is 64.8 Å². The van der Waals surface area contributed by atoms with Gasteiger partial charge in [0.15, 0.2) is 0 Å². The number of phenols is 1. The lowest BCUT2D eigenvalue weighted by molar-refractivity contribution is 0.184. The SMILES string of the molecule is C=C(CCC)C1=CCB(O)OC1CC/C(=C/c1cc(C)c(O)c(C)c1)c1ccccn1. The van der Waals surface area contributed by atoms with Crippen molar-refractivity contribution >= 4 is 18.8 Å². The molecule has 0 spiro atoms. The molecule has 0 fully saturated rings. The number of phenolic OH excluding ortho intramolecular Hbond substituents is 1. The van der Waals surface area contributed by atoms with Gasteiger partial charge in [-0.3, -0.25) is 4.98 Å². The Kier molecular flexibility index (Phi) is 7.88. The van der Waals surface area contributed by atoms with E-state index in [2.05, 4.69) is 30.6 Å². The van der Waals surface area contributed by atoms with Crippen LogP contribution in [-0.4, -0.2) is 28.3 Å². The number of allylic oxidation sites excluding steroid dienone is 2. The van der Waals surface area contributed by atoms with E-state index in [-0.39, 0.29) is 6.10 Å². The molecule has 0 aliphatic carbocycles. The van der Waals surface area contributed by atoms with Crippen molar-refractivity contribution in [3.8, 4) is 5.75 Å². The van der Waals surface area contributed by atoms with E-state index in [9.17, 15) is 10.1 Å². The number of benzene rings is 1. The van der Waals surface area contributed by atoms with Crippen LogP contribution in [0.15, 0.2) is 60.3 Å². The van der Waals surface area contributed by atoms with Crippen LogP contribution in [0.5, 0.6) is 5.75 Å². The van der Waals surface area contributed by atoms with Crippen LogP contribution in [0.4, 0.5) is 0 Å². The quantitative estimate of drug-likeness (QED) is 0.526. The summed E-state index contributed by atoms with van der Waals surface area (Å²) in [6.07, 6.45) is 9.75. The largest absolute Gasteiger partial charge is 0.507 e. The lowest BCUT2D eigenvalue weighted by atomic mass is 9.77. The maximum Gasteiger partial charge on any atom is 0.458 e. The van der Waals surface area contributed by atoms with E-state index >= 15 is 0 Å². The average Bonchev–Trinajstić information content (AvgIpc) is 2.75. The van der Waals surface area contributed by atoms with Crippen LogP contribution in [0.2, 0.25) is 6.32 Å². The van der Waals surface area contributed by atoms with E-state index in [4.69, 9.17) is 4.65 Å². The zero-order valence-corrected chi connectivity index (χ0v) is 18.8. The van der Waals surface area contributed by atoms with Crippen LogP contribution in [0.1, 0.15) is 55.0 Å². The van der Waals surface area contributed by atoms with Gasteiger partial charge in [-0.15, -0.1) is 0 Å². The van der Waals surface area contributed by atoms with Gasteiger partial charge in [0.1, 0.15) is 5.75 Å². The maximum absolute atomic E-state index is 10.1. The molecule has 1 aromatic heterocycles. The van der Waals surface area contributed by atoms with Gasteiger partial charge in [-0.25, -0.2) is 0 Å². The molecule has 162 valence electrons. The highest BCUT2D eigenvalue weighted by Gasteiger charge is 2.28. The first-order chi connectivity index (χ1) is 14.9. The zero-order chi connectivity index (χ0) is 22.4. The molecule has 0 saturated carbocycles. The van der Waals surface area contributed by atoms with E-state index < -0.39 is 7.12 Å². The third kappa shape index (κ3) is 5.96. The predicted octanol–water partition coefficient (Wildman–Crippen LogP) is 5.89. The van der Waals surface area contributed by atoms with Crippen molar-refractivity contribution in [3.63, 3.8) is 0 Å². The van der Waals surface area contributed by atoms with Crippen molar-refractivity contribution < 1.29 is 14.8 Å². The van der Waals surface area contributed by atoms with Crippen molar-refractivity contribution in [1.82, 2.24) is 4.98 Å². The third-order valence-corrected chi connectivity index (χ3v) is 5.69. The number of aromatic nitrogens is 1. The van der Waals surface area contributed by atoms with Crippen LogP contribution in [0.25, 0.3) is 11.6 Å². The van der Waals surface area contributed by atoms with Gasteiger partial charge in [0, 0.05) is 12.5 Å². The standard InChI is InChI=1S/C26H32BNO3/c1-5-8-18(2)23-12-13-27(30)31-25(23)11-10-22(24-9-6-7-14-28-24)17-21-15-19(3)26(29)20(4)16-21/h6-7,9,12,14-17,25,29-30H,2,5,8,10-11,13H2,1,3-4H3/b22-17-. The monoisotopic (exact) mass is 417 g/mol. The first kappa shape index (κ1) is 23.0. The lowest BCUT2D eigenvalue weighted by Gasteiger charge is -2.28. The highest BCUT2D eigenvalue weighted by Crippen LogP contribution is 2.32.